The first-order valence-corrected chi connectivity index (χ1v) is 3.03. The average molecular weight is 137 g/mol. The van der Waals surface area contributed by atoms with Crippen LogP contribution in [0.4, 0.5) is 0 Å². The Hall–Kier alpha value is 0.210. The Labute approximate surface area is 53.7 Å². The van der Waals surface area contributed by atoms with E-state index in [9.17, 15) is 0 Å². The monoisotopic (exact) mass is 136 g/mol. The summed E-state index contributed by atoms with van der Waals surface area (Å²) in [5, 5.41) is 0. The van der Waals surface area contributed by atoms with Gasteiger partial charge in [0.1, 0.15) is 5.60 Å². The summed E-state index contributed by atoms with van der Waals surface area (Å²) in [4.78, 5) is 0. The van der Waals surface area contributed by atoms with E-state index in [4.69, 9.17) is 21.1 Å². The number of rotatable bonds is 2. The standard InChI is InChI=1S/C5H9ClO2/c1-5(3-6)4(7-2)8-5/h4H,3H2,1-2H3/t4-,5+/m0/s1. The number of ether oxygens (including phenoxy) is 2. The van der Waals surface area contributed by atoms with E-state index in [1.807, 2.05) is 6.92 Å². The minimum absolute atomic E-state index is 0.0694. The fourth-order valence-electron chi connectivity index (χ4n) is 0.602. The second-order valence-electron chi connectivity index (χ2n) is 2.13. The molecular weight excluding hydrogens is 128 g/mol. The first-order chi connectivity index (χ1) is 3.73. The zero-order chi connectivity index (χ0) is 6.20. The molecule has 0 spiro atoms. The van der Waals surface area contributed by atoms with Gasteiger partial charge in [0, 0.05) is 7.11 Å². The van der Waals surface area contributed by atoms with Crippen LogP contribution in [0.1, 0.15) is 6.92 Å². The van der Waals surface area contributed by atoms with E-state index in [-0.39, 0.29) is 11.9 Å². The van der Waals surface area contributed by atoms with Gasteiger partial charge >= 0.3 is 0 Å². The van der Waals surface area contributed by atoms with Crippen molar-refractivity contribution in [2.45, 2.75) is 18.8 Å². The minimum atomic E-state index is -0.198. The molecule has 0 aliphatic carbocycles. The maximum absolute atomic E-state index is 5.51. The van der Waals surface area contributed by atoms with Crippen LogP contribution >= 0.6 is 11.6 Å². The molecule has 48 valence electrons. The molecule has 0 aromatic carbocycles. The van der Waals surface area contributed by atoms with Gasteiger partial charge in [-0.05, 0) is 6.92 Å². The van der Waals surface area contributed by atoms with Gasteiger partial charge in [-0.15, -0.1) is 11.6 Å². The van der Waals surface area contributed by atoms with Crippen molar-refractivity contribution in [2.75, 3.05) is 13.0 Å². The SMILES string of the molecule is CO[C@H]1O[C@]1(C)CCl. The molecule has 1 fully saturated rings. The summed E-state index contributed by atoms with van der Waals surface area (Å²) < 4.78 is 9.91. The van der Waals surface area contributed by atoms with Crippen LogP contribution in [0.5, 0.6) is 0 Å². The molecule has 0 N–H and O–H groups in total. The number of hydrogen-bond acceptors (Lipinski definition) is 2. The summed E-state index contributed by atoms with van der Waals surface area (Å²) in [6.07, 6.45) is -0.0694. The van der Waals surface area contributed by atoms with Crippen LogP contribution in [-0.4, -0.2) is 24.9 Å². The van der Waals surface area contributed by atoms with E-state index in [2.05, 4.69) is 0 Å². The topological polar surface area (TPSA) is 21.8 Å². The van der Waals surface area contributed by atoms with Crippen LogP contribution in [0, 0.1) is 0 Å². The van der Waals surface area contributed by atoms with Crippen molar-refractivity contribution < 1.29 is 9.47 Å². The Morgan fingerprint density at radius 2 is 2.50 bits per heavy atom. The van der Waals surface area contributed by atoms with E-state index < -0.39 is 0 Å². The molecule has 1 saturated heterocycles. The lowest BCUT2D eigenvalue weighted by Crippen LogP contribution is -2.12. The molecule has 3 heteroatoms. The zero-order valence-electron chi connectivity index (χ0n) is 4.98. The van der Waals surface area contributed by atoms with Crippen LogP contribution in [-0.2, 0) is 9.47 Å². The Morgan fingerprint density at radius 1 is 1.88 bits per heavy atom. The fourth-order valence-corrected chi connectivity index (χ4v) is 0.791. The Balaban J connectivity index is 2.31. The number of epoxide rings is 1. The van der Waals surface area contributed by atoms with E-state index in [1.54, 1.807) is 7.11 Å². The van der Waals surface area contributed by atoms with Crippen molar-refractivity contribution in [3.63, 3.8) is 0 Å². The molecule has 0 saturated carbocycles. The summed E-state index contributed by atoms with van der Waals surface area (Å²) >= 11 is 5.51. The molecule has 0 aromatic heterocycles. The third-order valence-corrected chi connectivity index (χ3v) is 1.83. The largest absolute Gasteiger partial charge is 0.353 e. The normalized spacial score (nSPS) is 44.6. The molecule has 0 amide bonds. The van der Waals surface area contributed by atoms with Crippen molar-refractivity contribution in [3.8, 4) is 0 Å². The van der Waals surface area contributed by atoms with Crippen molar-refractivity contribution in [2.24, 2.45) is 0 Å². The van der Waals surface area contributed by atoms with Gasteiger partial charge in [0.15, 0.2) is 6.29 Å². The molecule has 1 heterocycles. The van der Waals surface area contributed by atoms with Gasteiger partial charge in [0.2, 0.25) is 0 Å². The second-order valence-corrected chi connectivity index (χ2v) is 2.40. The predicted molar refractivity (Wildman–Crippen MR) is 31.0 cm³/mol. The van der Waals surface area contributed by atoms with Crippen LogP contribution < -0.4 is 0 Å². The Morgan fingerprint density at radius 3 is 2.62 bits per heavy atom. The lowest BCUT2D eigenvalue weighted by Gasteiger charge is -1.94. The van der Waals surface area contributed by atoms with Crippen molar-refractivity contribution >= 4 is 11.6 Å². The molecule has 0 aromatic rings. The van der Waals surface area contributed by atoms with Gasteiger partial charge < -0.3 is 9.47 Å². The summed E-state index contributed by atoms with van der Waals surface area (Å²) in [7, 11) is 1.61. The molecule has 0 unspecified atom stereocenters. The number of alkyl halides is 1. The molecule has 2 nitrogen and oxygen atoms in total. The minimum Gasteiger partial charge on any atom is -0.353 e. The van der Waals surface area contributed by atoms with Crippen molar-refractivity contribution in [1.82, 2.24) is 0 Å². The first kappa shape index (κ1) is 6.33. The lowest BCUT2D eigenvalue weighted by molar-refractivity contribution is 0.0950. The van der Waals surface area contributed by atoms with Crippen LogP contribution in [0.15, 0.2) is 0 Å². The predicted octanol–water partition coefficient (Wildman–Crippen LogP) is 0.987. The second kappa shape index (κ2) is 1.87. The maximum atomic E-state index is 5.51. The summed E-state index contributed by atoms with van der Waals surface area (Å²) in [6, 6.07) is 0. The van der Waals surface area contributed by atoms with E-state index >= 15 is 0 Å². The van der Waals surface area contributed by atoms with E-state index in [1.165, 1.54) is 0 Å². The summed E-state index contributed by atoms with van der Waals surface area (Å²) in [5.41, 5.74) is -0.198. The highest BCUT2D eigenvalue weighted by Crippen LogP contribution is 2.36. The summed E-state index contributed by atoms with van der Waals surface area (Å²) in [5.74, 6) is 0.505. The van der Waals surface area contributed by atoms with Crippen LogP contribution in [0.3, 0.4) is 0 Å². The first-order valence-electron chi connectivity index (χ1n) is 2.49. The number of hydrogen-bond donors (Lipinski definition) is 0. The van der Waals surface area contributed by atoms with Crippen molar-refractivity contribution in [3.05, 3.63) is 0 Å². The van der Waals surface area contributed by atoms with Gasteiger partial charge in [0.05, 0.1) is 5.88 Å². The van der Waals surface area contributed by atoms with E-state index in [0.29, 0.717) is 5.88 Å². The third-order valence-electron chi connectivity index (χ3n) is 1.30. The van der Waals surface area contributed by atoms with E-state index in [0.717, 1.165) is 0 Å². The Kier molecular flexibility index (Phi) is 1.48. The maximum Gasteiger partial charge on any atom is 0.188 e. The van der Waals surface area contributed by atoms with Gasteiger partial charge in [0.25, 0.3) is 0 Å². The number of methoxy groups -OCH3 is 1. The third kappa shape index (κ3) is 0.835. The quantitative estimate of drug-likeness (QED) is 0.417. The smallest absolute Gasteiger partial charge is 0.188 e. The molecule has 1 aliphatic heterocycles. The van der Waals surface area contributed by atoms with Crippen LogP contribution in [0.25, 0.3) is 0 Å². The highest BCUT2D eigenvalue weighted by Gasteiger charge is 2.52. The molecule has 1 rings (SSSR count). The van der Waals surface area contributed by atoms with Gasteiger partial charge in [-0.3, -0.25) is 0 Å². The van der Waals surface area contributed by atoms with Crippen molar-refractivity contribution in [1.29, 1.82) is 0 Å². The van der Waals surface area contributed by atoms with Crippen LogP contribution in [0.2, 0.25) is 0 Å². The summed E-state index contributed by atoms with van der Waals surface area (Å²) in [6.45, 7) is 1.92. The van der Waals surface area contributed by atoms with Gasteiger partial charge in [-0.25, -0.2) is 0 Å². The average Bonchev–Trinajstić information content (AvgIpc) is 2.44. The van der Waals surface area contributed by atoms with Gasteiger partial charge in [-0.1, -0.05) is 0 Å². The number of halogens is 1. The Bertz CT molecular complexity index is 96.4. The highest BCUT2D eigenvalue weighted by atomic mass is 35.5. The molecule has 1 aliphatic rings. The molecule has 2 atom stereocenters. The lowest BCUT2D eigenvalue weighted by atomic mass is 10.2. The highest BCUT2D eigenvalue weighted by molar-refractivity contribution is 6.18. The fraction of sp³-hybridized carbons (Fsp3) is 1.00. The zero-order valence-corrected chi connectivity index (χ0v) is 5.73. The molecule has 0 bridgehead atoms. The molecule has 0 radical (unpaired) electrons. The molecular formula is C5H9ClO2. The molecule has 8 heavy (non-hydrogen) atoms. The van der Waals surface area contributed by atoms with Gasteiger partial charge in [-0.2, -0.15) is 0 Å².